The van der Waals surface area contributed by atoms with Gasteiger partial charge in [0.2, 0.25) is 15.1 Å². The number of halogens is 1. The van der Waals surface area contributed by atoms with Crippen LogP contribution in [0.15, 0.2) is 87.2 Å². The SMILES string of the molecule is CS(=O)(=O)Nc1cccc(CS(=O)(=O)c2ccc(Cl)cc2NS(=O)(=O)c2cc3ccccc3o2)c1. The fraction of sp³-hybridized carbons (Fsp3) is 0.0909. The van der Waals surface area contributed by atoms with Gasteiger partial charge in [-0.2, -0.15) is 8.42 Å². The van der Waals surface area contributed by atoms with Crippen molar-refractivity contribution in [1.29, 1.82) is 0 Å². The molecule has 3 aromatic carbocycles. The Kier molecular flexibility index (Phi) is 6.58. The van der Waals surface area contributed by atoms with Crippen LogP contribution in [-0.4, -0.2) is 31.5 Å². The van der Waals surface area contributed by atoms with Crippen molar-refractivity contribution in [2.45, 2.75) is 15.7 Å². The summed E-state index contributed by atoms with van der Waals surface area (Å²) in [7, 11) is -11.9. The normalized spacial score (nSPS) is 12.5. The zero-order chi connectivity index (χ0) is 25.4. The van der Waals surface area contributed by atoms with Crippen molar-refractivity contribution in [3.63, 3.8) is 0 Å². The van der Waals surface area contributed by atoms with Gasteiger partial charge in [-0.15, -0.1) is 0 Å². The third-order valence-corrected chi connectivity index (χ3v) is 8.58. The molecule has 2 N–H and O–H groups in total. The molecule has 0 saturated heterocycles. The highest BCUT2D eigenvalue weighted by atomic mass is 35.5. The lowest BCUT2D eigenvalue weighted by Crippen LogP contribution is -2.16. The third-order valence-electron chi connectivity index (χ3n) is 4.78. The molecule has 0 unspecified atom stereocenters. The lowest BCUT2D eigenvalue weighted by atomic mass is 10.2. The van der Waals surface area contributed by atoms with E-state index in [1.54, 1.807) is 24.3 Å². The topological polar surface area (TPSA) is 140 Å². The predicted molar refractivity (Wildman–Crippen MR) is 134 cm³/mol. The van der Waals surface area contributed by atoms with Gasteiger partial charge >= 0.3 is 0 Å². The van der Waals surface area contributed by atoms with E-state index >= 15 is 0 Å². The molecule has 0 fully saturated rings. The lowest BCUT2D eigenvalue weighted by Gasteiger charge is -2.13. The summed E-state index contributed by atoms with van der Waals surface area (Å²) >= 11 is 6.03. The number of sulfone groups is 1. The molecular weight excluding hydrogens is 536 g/mol. The van der Waals surface area contributed by atoms with Gasteiger partial charge in [-0.05, 0) is 42.0 Å². The molecule has 4 rings (SSSR count). The summed E-state index contributed by atoms with van der Waals surface area (Å²) in [4.78, 5) is -0.303. The van der Waals surface area contributed by atoms with Gasteiger partial charge in [0.15, 0.2) is 9.84 Å². The number of benzene rings is 3. The van der Waals surface area contributed by atoms with Gasteiger partial charge in [-0.3, -0.25) is 9.44 Å². The van der Waals surface area contributed by atoms with Gasteiger partial charge < -0.3 is 4.42 Å². The summed E-state index contributed by atoms with van der Waals surface area (Å²) in [6.45, 7) is 0. The highest BCUT2D eigenvalue weighted by Gasteiger charge is 2.26. The highest BCUT2D eigenvalue weighted by Crippen LogP contribution is 2.31. The average Bonchev–Trinajstić information content (AvgIpc) is 3.17. The lowest BCUT2D eigenvalue weighted by molar-refractivity contribution is 0.484. The summed E-state index contributed by atoms with van der Waals surface area (Å²) in [6, 6.07) is 17.6. The van der Waals surface area contributed by atoms with E-state index in [2.05, 4.69) is 9.44 Å². The smallest absolute Gasteiger partial charge is 0.295 e. The van der Waals surface area contributed by atoms with Crippen LogP contribution < -0.4 is 9.44 Å². The molecular formula is C22H19ClN2O7S3. The number of anilines is 2. The van der Waals surface area contributed by atoms with Gasteiger partial charge in [-0.25, -0.2) is 16.8 Å². The number of fused-ring (bicyclic) bond motifs is 1. The molecule has 0 aliphatic rings. The maximum atomic E-state index is 13.3. The molecule has 0 radical (unpaired) electrons. The molecule has 35 heavy (non-hydrogen) atoms. The minimum Gasteiger partial charge on any atom is -0.443 e. The van der Waals surface area contributed by atoms with Crippen molar-refractivity contribution >= 4 is 63.8 Å². The van der Waals surface area contributed by atoms with Crippen LogP contribution in [0.3, 0.4) is 0 Å². The number of nitrogens with one attached hydrogen (secondary N) is 2. The summed E-state index contributed by atoms with van der Waals surface area (Å²) in [6.07, 6.45) is 0.977. The zero-order valence-electron chi connectivity index (χ0n) is 18.1. The van der Waals surface area contributed by atoms with Crippen molar-refractivity contribution in [3.05, 3.63) is 83.4 Å². The molecule has 0 spiro atoms. The van der Waals surface area contributed by atoms with Crippen molar-refractivity contribution in [1.82, 2.24) is 0 Å². The molecule has 0 amide bonds. The maximum absolute atomic E-state index is 13.3. The van der Waals surface area contributed by atoms with E-state index in [1.165, 1.54) is 48.5 Å². The quantitative estimate of drug-likeness (QED) is 0.332. The monoisotopic (exact) mass is 554 g/mol. The fourth-order valence-corrected chi connectivity index (χ4v) is 6.70. The van der Waals surface area contributed by atoms with Gasteiger partial charge in [-0.1, -0.05) is 41.9 Å². The largest absolute Gasteiger partial charge is 0.443 e. The third kappa shape index (κ3) is 5.96. The van der Waals surface area contributed by atoms with E-state index in [1.807, 2.05) is 0 Å². The maximum Gasteiger partial charge on any atom is 0.295 e. The first-order valence-electron chi connectivity index (χ1n) is 9.93. The van der Waals surface area contributed by atoms with Gasteiger partial charge in [0.1, 0.15) is 5.58 Å². The Hall–Kier alpha value is -3.06. The molecule has 0 aliphatic heterocycles. The van der Waals surface area contributed by atoms with Crippen molar-refractivity contribution in [2.75, 3.05) is 15.7 Å². The minimum absolute atomic E-state index is 0.116. The second kappa shape index (κ2) is 9.19. The van der Waals surface area contributed by atoms with Crippen LogP contribution in [0.5, 0.6) is 0 Å². The van der Waals surface area contributed by atoms with Crippen LogP contribution in [0, 0.1) is 0 Å². The van der Waals surface area contributed by atoms with Gasteiger partial charge in [0.25, 0.3) is 10.0 Å². The molecule has 9 nitrogen and oxygen atoms in total. The number of hydrogen-bond donors (Lipinski definition) is 2. The number of furan rings is 1. The molecule has 1 aromatic heterocycles. The highest BCUT2D eigenvalue weighted by molar-refractivity contribution is 7.93. The Morgan fingerprint density at radius 2 is 1.57 bits per heavy atom. The molecule has 0 bridgehead atoms. The molecule has 1 heterocycles. The summed E-state index contributed by atoms with van der Waals surface area (Å²) < 4.78 is 85.4. The van der Waals surface area contributed by atoms with Crippen molar-refractivity contribution < 1.29 is 29.7 Å². The zero-order valence-corrected chi connectivity index (χ0v) is 21.3. The van der Waals surface area contributed by atoms with Gasteiger partial charge in [0, 0.05) is 22.2 Å². The van der Waals surface area contributed by atoms with Crippen LogP contribution in [-0.2, 0) is 35.6 Å². The standard InChI is InChI=1S/C22H19ClN2O7S3/c1-33(26,27)24-18-7-4-5-15(11-18)14-34(28,29)21-10-9-17(23)13-19(21)25-35(30,31)22-12-16-6-2-3-8-20(16)32-22/h2-13,24-25H,14H2,1H3. The number of rotatable bonds is 8. The van der Waals surface area contributed by atoms with Crippen molar-refractivity contribution in [2.24, 2.45) is 0 Å². The van der Waals surface area contributed by atoms with E-state index in [-0.39, 0.29) is 26.4 Å². The van der Waals surface area contributed by atoms with Crippen LogP contribution in [0.2, 0.25) is 5.02 Å². The van der Waals surface area contributed by atoms with E-state index in [4.69, 9.17) is 16.0 Å². The number of para-hydroxylation sites is 1. The van der Waals surface area contributed by atoms with E-state index < -0.39 is 35.6 Å². The molecule has 13 heteroatoms. The molecule has 0 aliphatic carbocycles. The van der Waals surface area contributed by atoms with E-state index in [0.717, 1.165) is 6.26 Å². The first kappa shape index (κ1) is 25.0. The molecule has 0 atom stereocenters. The Labute approximate surface area is 207 Å². The summed E-state index contributed by atoms with van der Waals surface area (Å²) in [5.41, 5.74) is 0.597. The minimum atomic E-state index is -4.29. The Morgan fingerprint density at radius 1 is 0.829 bits per heavy atom. The van der Waals surface area contributed by atoms with Gasteiger partial charge in [0.05, 0.1) is 22.6 Å². The number of sulfonamides is 2. The molecule has 4 aromatic rings. The Bertz CT molecular complexity index is 1710. The van der Waals surface area contributed by atoms with E-state index in [9.17, 15) is 25.3 Å². The summed E-state index contributed by atoms with van der Waals surface area (Å²) in [5, 5.41) is 0.293. The van der Waals surface area contributed by atoms with Crippen LogP contribution in [0.1, 0.15) is 5.56 Å². The van der Waals surface area contributed by atoms with E-state index in [0.29, 0.717) is 16.5 Å². The van der Waals surface area contributed by atoms with Crippen LogP contribution >= 0.6 is 11.6 Å². The first-order valence-corrected chi connectivity index (χ1v) is 15.3. The Morgan fingerprint density at radius 3 is 2.29 bits per heavy atom. The first-order chi connectivity index (χ1) is 16.3. The predicted octanol–water partition coefficient (Wildman–Crippen LogP) is 4.23. The van der Waals surface area contributed by atoms with Crippen molar-refractivity contribution in [3.8, 4) is 0 Å². The van der Waals surface area contributed by atoms with Crippen LogP contribution in [0.25, 0.3) is 11.0 Å². The second-order valence-electron chi connectivity index (χ2n) is 7.68. The second-order valence-corrected chi connectivity index (χ2v) is 13.4. The molecule has 0 saturated carbocycles. The fourth-order valence-electron chi connectivity index (χ4n) is 3.37. The molecule has 184 valence electrons. The number of hydrogen-bond acceptors (Lipinski definition) is 7. The Balaban J connectivity index is 1.68. The average molecular weight is 555 g/mol. The van der Waals surface area contributed by atoms with Crippen LogP contribution in [0.4, 0.5) is 11.4 Å². The summed E-state index contributed by atoms with van der Waals surface area (Å²) in [5.74, 6) is -0.521.